The van der Waals surface area contributed by atoms with Gasteiger partial charge in [-0.1, -0.05) is 19.9 Å². The summed E-state index contributed by atoms with van der Waals surface area (Å²) in [5.74, 6) is -1.99. The molecule has 10 heteroatoms. The number of alkyl halides is 3. The Balaban J connectivity index is 1.87. The van der Waals surface area contributed by atoms with Crippen LogP contribution in [0.1, 0.15) is 29.8 Å². The number of carbonyl (C=O) groups is 2. The first kappa shape index (κ1) is 25.1. The normalized spacial score (nSPS) is 13.4. The molecular weight excluding hydrogens is 432 g/mol. The number of halogens is 4. The van der Waals surface area contributed by atoms with Crippen molar-refractivity contribution in [1.29, 1.82) is 0 Å². The zero-order valence-electron chi connectivity index (χ0n) is 17.4. The van der Waals surface area contributed by atoms with Gasteiger partial charge in [-0.3, -0.25) is 9.59 Å². The minimum absolute atomic E-state index is 0.0724. The van der Waals surface area contributed by atoms with Crippen LogP contribution in [-0.2, 0) is 11.0 Å². The van der Waals surface area contributed by atoms with Crippen LogP contribution in [0.4, 0.5) is 17.6 Å². The Morgan fingerprint density at radius 1 is 1.09 bits per heavy atom. The summed E-state index contributed by atoms with van der Waals surface area (Å²) in [6.45, 7) is 2.83. The standard InChI is InChI=1S/C22H24F4N2O4/c1-13(2)19(28-20(30)14-6-8-16(23)9-7-14)21(31)27-11-17(29)12-32-18-5-3-4-15(10-18)22(24,25)26/h3-10,13,17,19,29H,11-12H2,1-2H3,(H,27,31)(H,28,30). The van der Waals surface area contributed by atoms with Crippen LogP contribution in [0.2, 0.25) is 0 Å². The fourth-order valence-electron chi connectivity index (χ4n) is 2.70. The Morgan fingerprint density at radius 2 is 1.75 bits per heavy atom. The van der Waals surface area contributed by atoms with Gasteiger partial charge in [-0.2, -0.15) is 13.2 Å². The Morgan fingerprint density at radius 3 is 2.34 bits per heavy atom. The third-order valence-corrected chi connectivity index (χ3v) is 4.46. The fourth-order valence-corrected chi connectivity index (χ4v) is 2.70. The van der Waals surface area contributed by atoms with Gasteiger partial charge in [-0.05, 0) is 48.4 Å². The van der Waals surface area contributed by atoms with Gasteiger partial charge in [-0.25, -0.2) is 4.39 Å². The number of rotatable bonds is 9. The first-order valence-corrected chi connectivity index (χ1v) is 9.79. The van der Waals surface area contributed by atoms with Crippen LogP contribution in [0.3, 0.4) is 0 Å². The summed E-state index contributed by atoms with van der Waals surface area (Å²) >= 11 is 0. The molecular formula is C22H24F4N2O4. The highest BCUT2D eigenvalue weighted by Crippen LogP contribution is 2.31. The second kappa shape index (κ2) is 10.9. The van der Waals surface area contributed by atoms with E-state index in [0.29, 0.717) is 0 Å². The van der Waals surface area contributed by atoms with Crippen molar-refractivity contribution in [2.45, 2.75) is 32.2 Å². The molecule has 0 heterocycles. The van der Waals surface area contributed by atoms with Crippen LogP contribution < -0.4 is 15.4 Å². The Hall–Kier alpha value is -3.14. The Bertz CT molecular complexity index is 917. The number of hydrogen-bond acceptors (Lipinski definition) is 4. The Labute approximate surface area is 182 Å². The lowest BCUT2D eigenvalue weighted by Crippen LogP contribution is -2.51. The summed E-state index contributed by atoms with van der Waals surface area (Å²) in [5.41, 5.74) is -0.700. The number of aliphatic hydroxyl groups is 1. The summed E-state index contributed by atoms with van der Waals surface area (Å²) in [6, 6.07) is 8.11. The van der Waals surface area contributed by atoms with E-state index in [0.717, 1.165) is 24.3 Å². The first-order chi connectivity index (χ1) is 15.0. The van der Waals surface area contributed by atoms with E-state index in [2.05, 4.69) is 10.6 Å². The molecule has 2 unspecified atom stereocenters. The quantitative estimate of drug-likeness (QED) is 0.506. The van der Waals surface area contributed by atoms with E-state index in [-0.39, 0.29) is 30.4 Å². The predicted molar refractivity (Wildman–Crippen MR) is 108 cm³/mol. The lowest BCUT2D eigenvalue weighted by molar-refractivity contribution is -0.137. The van der Waals surface area contributed by atoms with Gasteiger partial charge in [0.25, 0.3) is 5.91 Å². The highest BCUT2D eigenvalue weighted by atomic mass is 19.4. The highest BCUT2D eigenvalue weighted by Gasteiger charge is 2.30. The zero-order valence-corrected chi connectivity index (χ0v) is 17.4. The van der Waals surface area contributed by atoms with Crippen LogP contribution in [0.25, 0.3) is 0 Å². The van der Waals surface area contributed by atoms with E-state index >= 15 is 0 Å². The molecule has 6 nitrogen and oxygen atoms in total. The lowest BCUT2D eigenvalue weighted by atomic mass is 10.0. The number of aliphatic hydroxyl groups excluding tert-OH is 1. The van der Waals surface area contributed by atoms with Crippen molar-refractivity contribution in [2.24, 2.45) is 5.92 Å². The van der Waals surface area contributed by atoms with Gasteiger partial charge in [0, 0.05) is 12.1 Å². The molecule has 0 bridgehead atoms. The van der Waals surface area contributed by atoms with Crippen molar-refractivity contribution in [3.63, 3.8) is 0 Å². The monoisotopic (exact) mass is 456 g/mol. The molecule has 32 heavy (non-hydrogen) atoms. The minimum Gasteiger partial charge on any atom is -0.491 e. The molecule has 3 N–H and O–H groups in total. The summed E-state index contributed by atoms with van der Waals surface area (Å²) in [7, 11) is 0. The SMILES string of the molecule is CC(C)C(NC(=O)c1ccc(F)cc1)C(=O)NCC(O)COc1cccc(C(F)(F)F)c1. The molecule has 2 aromatic carbocycles. The first-order valence-electron chi connectivity index (χ1n) is 9.79. The number of hydrogen-bond donors (Lipinski definition) is 3. The molecule has 0 aliphatic rings. The van der Waals surface area contributed by atoms with Crippen molar-refractivity contribution in [3.8, 4) is 5.75 Å². The maximum absolute atomic E-state index is 13.0. The predicted octanol–water partition coefficient (Wildman–Crippen LogP) is 3.16. The Kier molecular flexibility index (Phi) is 8.59. The third kappa shape index (κ3) is 7.52. The van der Waals surface area contributed by atoms with Gasteiger partial charge in [0.2, 0.25) is 5.91 Å². The van der Waals surface area contributed by atoms with Gasteiger partial charge in [0.15, 0.2) is 0 Å². The molecule has 0 spiro atoms. The highest BCUT2D eigenvalue weighted by molar-refractivity contribution is 5.97. The van der Waals surface area contributed by atoms with Crippen molar-refractivity contribution < 1.29 is 37.0 Å². The maximum Gasteiger partial charge on any atom is 0.416 e. The van der Waals surface area contributed by atoms with Gasteiger partial charge in [0.1, 0.15) is 30.3 Å². The molecule has 0 fully saturated rings. The molecule has 2 atom stereocenters. The number of ether oxygens (including phenoxy) is 1. The van der Waals surface area contributed by atoms with E-state index in [9.17, 15) is 32.3 Å². The van der Waals surface area contributed by atoms with Crippen molar-refractivity contribution in [1.82, 2.24) is 10.6 Å². The van der Waals surface area contributed by atoms with Gasteiger partial charge in [-0.15, -0.1) is 0 Å². The molecule has 0 aliphatic carbocycles. The molecule has 2 amide bonds. The van der Waals surface area contributed by atoms with Crippen molar-refractivity contribution >= 4 is 11.8 Å². The summed E-state index contributed by atoms with van der Waals surface area (Å²) in [4.78, 5) is 24.8. The molecule has 0 radical (unpaired) electrons. The van der Waals surface area contributed by atoms with E-state index in [1.807, 2.05) is 0 Å². The molecule has 0 aromatic heterocycles. The van der Waals surface area contributed by atoms with Crippen LogP contribution in [0, 0.1) is 11.7 Å². The number of carbonyl (C=O) groups excluding carboxylic acids is 2. The van der Waals surface area contributed by atoms with E-state index < -0.39 is 41.5 Å². The van der Waals surface area contributed by atoms with Crippen LogP contribution >= 0.6 is 0 Å². The zero-order chi connectivity index (χ0) is 23.9. The average Bonchev–Trinajstić information content (AvgIpc) is 2.74. The third-order valence-electron chi connectivity index (χ3n) is 4.46. The van der Waals surface area contributed by atoms with Crippen LogP contribution in [0.5, 0.6) is 5.75 Å². The van der Waals surface area contributed by atoms with Crippen LogP contribution in [0.15, 0.2) is 48.5 Å². The largest absolute Gasteiger partial charge is 0.491 e. The topological polar surface area (TPSA) is 87.7 Å². The van der Waals surface area contributed by atoms with Crippen molar-refractivity contribution in [2.75, 3.05) is 13.2 Å². The summed E-state index contributed by atoms with van der Waals surface area (Å²) < 4.78 is 56.4. The summed E-state index contributed by atoms with van der Waals surface area (Å²) in [5, 5.41) is 15.0. The van der Waals surface area contributed by atoms with E-state index in [1.54, 1.807) is 13.8 Å². The smallest absolute Gasteiger partial charge is 0.416 e. The molecule has 0 saturated carbocycles. The second-order valence-electron chi connectivity index (χ2n) is 7.44. The van der Waals surface area contributed by atoms with Crippen molar-refractivity contribution in [3.05, 3.63) is 65.5 Å². The van der Waals surface area contributed by atoms with E-state index in [4.69, 9.17) is 4.74 Å². The van der Waals surface area contributed by atoms with Crippen LogP contribution in [-0.4, -0.2) is 42.2 Å². The molecule has 174 valence electrons. The minimum atomic E-state index is -4.52. The molecule has 0 aliphatic heterocycles. The fraction of sp³-hybridized carbons (Fsp3) is 0.364. The second-order valence-corrected chi connectivity index (χ2v) is 7.44. The van der Waals surface area contributed by atoms with Gasteiger partial charge >= 0.3 is 6.18 Å². The molecule has 2 aromatic rings. The number of amides is 2. The average molecular weight is 456 g/mol. The molecule has 2 rings (SSSR count). The number of nitrogens with one attached hydrogen (secondary N) is 2. The summed E-state index contributed by atoms with van der Waals surface area (Å²) in [6.07, 6.45) is -5.72. The lowest BCUT2D eigenvalue weighted by Gasteiger charge is -2.22. The van der Waals surface area contributed by atoms with Gasteiger partial charge < -0.3 is 20.5 Å². The maximum atomic E-state index is 13.0. The number of benzene rings is 2. The van der Waals surface area contributed by atoms with Gasteiger partial charge in [0.05, 0.1) is 5.56 Å². The van der Waals surface area contributed by atoms with E-state index in [1.165, 1.54) is 24.3 Å². The molecule has 0 saturated heterocycles.